The van der Waals surface area contributed by atoms with Crippen LogP contribution in [0.4, 0.5) is 5.69 Å². The minimum absolute atomic E-state index is 0.0475. The second-order valence-electron chi connectivity index (χ2n) is 3.86. The van der Waals surface area contributed by atoms with E-state index in [2.05, 4.69) is 18.8 Å². The number of rotatable bonds is 4. The maximum atomic E-state index is 12.0. The molecule has 1 rings (SSSR count). The Hall–Kier alpha value is -1.58. The fourth-order valence-corrected chi connectivity index (χ4v) is 1.71. The van der Waals surface area contributed by atoms with Crippen molar-refractivity contribution in [2.24, 2.45) is 0 Å². The van der Waals surface area contributed by atoms with Gasteiger partial charge in [-0.05, 0) is 25.0 Å². The molecule has 0 bridgehead atoms. The van der Waals surface area contributed by atoms with Crippen molar-refractivity contribution >= 4 is 11.6 Å². The first-order valence-electron chi connectivity index (χ1n) is 5.58. The van der Waals surface area contributed by atoms with E-state index in [1.165, 1.54) is 6.20 Å². The van der Waals surface area contributed by atoms with Crippen molar-refractivity contribution in [1.82, 2.24) is 9.88 Å². The van der Waals surface area contributed by atoms with Gasteiger partial charge >= 0.3 is 0 Å². The topological polar surface area (TPSA) is 59.2 Å². The monoisotopic (exact) mass is 221 g/mol. The Morgan fingerprint density at radius 2 is 2.06 bits per heavy atom. The Balaban J connectivity index is 2.81. The SMILES string of the molecule is CCC(CC)N(C)C(=O)c1ccc(N)cn1. The molecule has 16 heavy (non-hydrogen) atoms. The molecule has 1 aromatic heterocycles. The third-order valence-electron chi connectivity index (χ3n) is 2.82. The largest absolute Gasteiger partial charge is 0.397 e. The number of nitrogens with two attached hydrogens (primary N) is 1. The maximum Gasteiger partial charge on any atom is 0.272 e. The molecule has 0 aliphatic heterocycles. The van der Waals surface area contributed by atoms with E-state index in [-0.39, 0.29) is 11.9 Å². The molecule has 4 heteroatoms. The molecule has 0 unspecified atom stereocenters. The molecule has 1 aromatic rings. The molecule has 88 valence electrons. The lowest BCUT2D eigenvalue weighted by molar-refractivity contribution is 0.0718. The van der Waals surface area contributed by atoms with E-state index in [1.54, 1.807) is 17.0 Å². The average molecular weight is 221 g/mol. The van der Waals surface area contributed by atoms with Crippen molar-refractivity contribution in [2.75, 3.05) is 12.8 Å². The van der Waals surface area contributed by atoms with Crippen molar-refractivity contribution in [1.29, 1.82) is 0 Å². The predicted octanol–water partition coefficient (Wildman–Crippen LogP) is 1.92. The number of pyridine rings is 1. The molecule has 0 aliphatic rings. The van der Waals surface area contributed by atoms with Crippen LogP contribution in [0.1, 0.15) is 37.2 Å². The van der Waals surface area contributed by atoms with Gasteiger partial charge in [0.05, 0.1) is 11.9 Å². The molecule has 0 fully saturated rings. The summed E-state index contributed by atoms with van der Waals surface area (Å²) in [6.07, 6.45) is 3.41. The zero-order chi connectivity index (χ0) is 12.1. The molecule has 1 heterocycles. The normalized spacial score (nSPS) is 10.5. The Morgan fingerprint density at radius 1 is 1.44 bits per heavy atom. The van der Waals surface area contributed by atoms with E-state index >= 15 is 0 Å². The van der Waals surface area contributed by atoms with Crippen LogP contribution in [0.25, 0.3) is 0 Å². The zero-order valence-corrected chi connectivity index (χ0v) is 10.1. The van der Waals surface area contributed by atoms with E-state index < -0.39 is 0 Å². The Labute approximate surface area is 96.5 Å². The summed E-state index contributed by atoms with van der Waals surface area (Å²) in [6.45, 7) is 4.16. The Kier molecular flexibility index (Phi) is 4.28. The second kappa shape index (κ2) is 5.49. The number of aromatic nitrogens is 1. The van der Waals surface area contributed by atoms with Crippen LogP contribution in [0.15, 0.2) is 18.3 Å². The van der Waals surface area contributed by atoms with Crippen LogP contribution in [0.5, 0.6) is 0 Å². The molecule has 0 atom stereocenters. The second-order valence-corrected chi connectivity index (χ2v) is 3.86. The lowest BCUT2D eigenvalue weighted by Crippen LogP contribution is -2.36. The number of carbonyl (C=O) groups excluding carboxylic acids is 1. The lowest BCUT2D eigenvalue weighted by Gasteiger charge is -2.25. The van der Waals surface area contributed by atoms with Crippen LogP contribution in [-0.4, -0.2) is 28.9 Å². The molecule has 0 radical (unpaired) electrons. The third kappa shape index (κ3) is 2.72. The van der Waals surface area contributed by atoms with Gasteiger partial charge < -0.3 is 10.6 Å². The van der Waals surface area contributed by atoms with Gasteiger partial charge in [0.2, 0.25) is 0 Å². The van der Waals surface area contributed by atoms with E-state index in [1.807, 2.05) is 7.05 Å². The van der Waals surface area contributed by atoms with Gasteiger partial charge in [-0.15, -0.1) is 0 Å². The number of carbonyl (C=O) groups is 1. The van der Waals surface area contributed by atoms with Crippen LogP contribution in [0, 0.1) is 0 Å². The number of anilines is 1. The third-order valence-corrected chi connectivity index (χ3v) is 2.82. The summed E-state index contributed by atoms with van der Waals surface area (Å²) in [7, 11) is 1.82. The van der Waals surface area contributed by atoms with Gasteiger partial charge in [0.25, 0.3) is 5.91 Å². The molecule has 0 aliphatic carbocycles. The summed E-state index contributed by atoms with van der Waals surface area (Å²) in [5, 5.41) is 0. The quantitative estimate of drug-likeness (QED) is 0.845. The Bertz CT molecular complexity index is 344. The molecular formula is C12H19N3O. The number of nitrogens with zero attached hydrogens (tertiary/aromatic N) is 2. The standard InChI is InChI=1S/C12H19N3O/c1-4-10(5-2)15(3)12(16)11-7-6-9(13)8-14-11/h6-8,10H,4-5,13H2,1-3H3. The van der Waals surface area contributed by atoms with Crippen molar-refractivity contribution in [2.45, 2.75) is 32.7 Å². The number of hydrogen-bond acceptors (Lipinski definition) is 3. The molecule has 4 nitrogen and oxygen atoms in total. The highest BCUT2D eigenvalue weighted by Gasteiger charge is 2.18. The van der Waals surface area contributed by atoms with Gasteiger partial charge in [-0.1, -0.05) is 13.8 Å². The highest BCUT2D eigenvalue weighted by atomic mass is 16.2. The van der Waals surface area contributed by atoms with E-state index in [9.17, 15) is 4.79 Å². The highest BCUT2D eigenvalue weighted by Crippen LogP contribution is 2.10. The van der Waals surface area contributed by atoms with Gasteiger partial charge in [0.15, 0.2) is 0 Å². The van der Waals surface area contributed by atoms with Crippen LogP contribution < -0.4 is 5.73 Å². The van der Waals surface area contributed by atoms with Crippen molar-refractivity contribution in [3.8, 4) is 0 Å². The van der Waals surface area contributed by atoms with Crippen molar-refractivity contribution in [3.63, 3.8) is 0 Å². The highest BCUT2D eigenvalue weighted by molar-refractivity contribution is 5.92. The summed E-state index contributed by atoms with van der Waals surface area (Å²) in [6, 6.07) is 3.63. The van der Waals surface area contributed by atoms with Gasteiger partial charge in [-0.3, -0.25) is 4.79 Å². The fourth-order valence-electron chi connectivity index (χ4n) is 1.71. The summed E-state index contributed by atoms with van der Waals surface area (Å²) in [5.41, 5.74) is 6.55. The summed E-state index contributed by atoms with van der Waals surface area (Å²) < 4.78 is 0. The molecule has 2 N–H and O–H groups in total. The van der Waals surface area contributed by atoms with Gasteiger partial charge in [-0.25, -0.2) is 4.98 Å². The zero-order valence-electron chi connectivity index (χ0n) is 10.1. The molecule has 0 saturated heterocycles. The van der Waals surface area contributed by atoms with E-state index in [4.69, 9.17) is 5.73 Å². The van der Waals surface area contributed by atoms with Crippen molar-refractivity contribution < 1.29 is 4.79 Å². The van der Waals surface area contributed by atoms with Crippen LogP contribution >= 0.6 is 0 Å². The molecule has 0 aromatic carbocycles. The first kappa shape index (κ1) is 12.5. The summed E-state index contributed by atoms with van der Waals surface area (Å²) in [5.74, 6) is -0.0475. The first-order valence-corrected chi connectivity index (χ1v) is 5.58. The minimum atomic E-state index is -0.0475. The van der Waals surface area contributed by atoms with Crippen LogP contribution in [-0.2, 0) is 0 Å². The lowest BCUT2D eigenvalue weighted by atomic mass is 10.1. The number of hydrogen-bond donors (Lipinski definition) is 1. The van der Waals surface area contributed by atoms with Gasteiger partial charge in [-0.2, -0.15) is 0 Å². The van der Waals surface area contributed by atoms with Crippen LogP contribution in [0.2, 0.25) is 0 Å². The predicted molar refractivity (Wildman–Crippen MR) is 65.1 cm³/mol. The molecular weight excluding hydrogens is 202 g/mol. The number of amides is 1. The summed E-state index contributed by atoms with van der Waals surface area (Å²) >= 11 is 0. The van der Waals surface area contributed by atoms with E-state index in [0.717, 1.165) is 12.8 Å². The average Bonchev–Trinajstić information content (AvgIpc) is 2.30. The van der Waals surface area contributed by atoms with Crippen LogP contribution in [0.3, 0.4) is 0 Å². The fraction of sp³-hybridized carbons (Fsp3) is 0.500. The molecule has 1 amide bonds. The first-order chi connectivity index (χ1) is 7.60. The molecule has 0 saturated carbocycles. The summed E-state index contributed by atoms with van der Waals surface area (Å²) in [4.78, 5) is 17.8. The number of nitrogen functional groups attached to an aromatic ring is 1. The smallest absolute Gasteiger partial charge is 0.272 e. The van der Waals surface area contributed by atoms with Gasteiger partial charge in [0.1, 0.15) is 5.69 Å². The van der Waals surface area contributed by atoms with E-state index in [0.29, 0.717) is 11.4 Å². The van der Waals surface area contributed by atoms with Crippen molar-refractivity contribution in [3.05, 3.63) is 24.0 Å². The Morgan fingerprint density at radius 3 is 2.50 bits per heavy atom. The molecule has 0 spiro atoms. The maximum absolute atomic E-state index is 12.0. The minimum Gasteiger partial charge on any atom is -0.397 e. The van der Waals surface area contributed by atoms with Gasteiger partial charge in [0, 0.05) is 13.1 Å².